The predicted molar refractivity (Wildman–Crippen MR) is 68.1 cm³/mol. The van der Waals surface area contributed by atoms with E-state index in [0.717, 1.165) is 5.17 Å². The molecule has 1 aliphatic heterocycles. The smallest absolute Gasteiger partial charge is 0.159 e. The summed E-state index contributed by atoms with van der Waals surface area (Å²) >= 11 is 1.62. The van der Waals surface area contributed by atoms with E-state index in [2.05, 4.69) is 4.99 Å². The van der Waals surface area contributed by atoms with Gasteiger partial charge in [-0.25, -0.2) is 0 Å². The Bertz CT molecular complexity index is 322. The zero-order valence-electron chi connectivity index (χ0n) is 10.3. The summed E-state index contributed by atoms with van der Waals surface area (Å²) in [5.41, 5.74) is 0. The minimum atomic E-state index is -0.887. The molecule has 0 aromatic heterocycles. The first-order valence-electron chi connectivity index (χ1n) is 5.87. The summed E-state index contributed by atoms with van der Waals surface area (Å²) in [5.74, 6) is -0.268. The molecule has 17 heavy (non-hydrogen) atoms. The molecule has 6 atom stereocenters. The van der Waals surface area contributed by atoms with E-state index >= 15 is 0 Å². The Hall–Kier alpha value is -0.300. The number of aliphatic hydroxyl groups excluding tert-OH is 3. The fourth-order valence-electron chi connectivity index (χ4n) is 2.50. The standard InChI is InChI=1S/C11H20N2O3S/c1-5(14)6-4-7-8(10(16)9(6)15)12-11(17-7)13(2)3/h5-10,14-16H,4H2,1-3H3/t5?,6-,7+,8+,9-,10-/m0/s1. The van der Waals surface area contributed by atoms with Crippen LogP contribution in [0.5, 0.6) is 0 Å². The van der Waals surface area contributed by atoms with Gasteiger partial charge in [0.15, 0.2) is 5.17 Å². The first kappa shape index (κ1) is 13.1. The van der Waals surface area contributed by atoms with Gasteiger partial charge in [0.2, 0.25) is 0 Å². The molecule has 2 rings (SSSR count). The van der Waals surface area contributed by atoms with Gasteiger partial charge in [-0.2, -0.15) is 0 Å². The van der Waals surface area contributed by atoms with Gasteiger partial charge >= 0.3 is 0 Å². The van der Waals surface area contributed by atoms with Gasteiger partial charge in [-0.3, -0.25) is 4.99 Å². The molecule has 5 nitrogen and oxygen atoms in total. The molecule has 3 N–H and O–H groups in total. The van der Waals surface area contributed by atoms with Crippen LogP contribution in [0.4, 0.5) is 0 Å². The average Bonchev–Trinajstić information content (AvgIpc) is 2.67. The highest BCUT2D eigenvalue weighted by atomic mass is 32.2. The van der Waals surface area contributed by atoms with Crippen LogP contribution in [0.2, 0.25) is 0 Å². The second-order valence-corrected chi connectivity index (χ2v) is 6.28. The van der Waals surface area contributed by atoms with Gasteiger partial charge in [0.1, 0.15) is 6.10 Å². The molecule has 1 heterocycles. The van der Waals surface area contributed by atoms with E-state index in [1.54, 1.807) is 18.7 Å². The molecule has 0 bridgehead atoms. The number of amidine groups is 1. The quantitative estimate of drug-likeness (QED) is 0.593. The number of hydrogen-bond acceptors (Lipinski definition) is 6. The van der Waals surface area contributed by atoms with E-state index < -0.39 is 18.3 Å². The molecule has 0 spiro atoms. The largest absolute Gasteiger partial charge is 0.393 e. The first-order chi connectivity index (χ1) is 7.91. The number of nitrogens with zero attached hydrogens (tertiary/aromatic N) is 2. The van der Waals surface area contributed by atoms with E-state index in [1.165, 1.54) is 0 Å². The van der Waals surface area contributed by atoms with Crippen molar-refractivity contribution in [1.82, 2.24) is 4.90 Å². The number of fused-ring (bicyclic) bond motifs is 1. The Labute approximate surface area is 106 Å². The molecule has 0 aromatic carbocycles. The molecule has 1 unspecified atom stereocenters. The third-order valence-electron chi connectivity index (χ3n) is 3.54. The lowest BCUT2D eigenvalue weighted by Crippen LogP contribution is -2.53. The lowest BCUT2D eigenvalue weighted by Gasteiger charge is -2.39. The van der Waals surface area contributed by atoms with Crippen molar-refractivity contribution in [1.29, 1.82) is 0 Å². The van der Waals surface area contributed by atoms with Crippen LogP contribution in [0, 0.1) is 5.92 Å². The maximum Gasteiger partial charge on any atom is 0.159 e. The molecular formula is C11H20N2O3S. The van der Waals surface area contributed by atoms with Crippen molar-refractivity contribution >= 4 is 16.9 Å². The third-order valence-corrected chi connectivity index (χ3v) is 5.00. The van der Waals surface area contributed by atoms with Gasteiger partial charge in [0.05, 0.1) is 18.2 Å². The van der Waals surface area contributed by atoms with E-state index in [1.807, 2.05) is 19.0 Å². The van der Waals surface area contributed by atoms with Gasteiger partial charge < -0.3 is 20.2 Å². The molecular weight excluding hydrogens is 240 g/mol. The molecule has 0 amide bonds. The number of rotatable bonds is 1. The summed E-state index contributed by atoms with van der Waals surface area (Å²) in [4.78, 5) is 6.36. The minimum absolute atomic E-state index is 0.158. The summed E-state index contributed by atoms with van der Waals surface area (Å²) < 4.78 is 0. The van der Waals surface area contributed by atoms with Crippen LogP contribution < -0.4 is 0 Å². The normalized spacial score (nSPS) is 42.9. The molecule has 2 aliphatic rings. The SMILES string of the molecule is CC(O)[C@@H]1C[C@H]2SC(N(C)C)=N[C@H]2[C@H](O)[C@H]1O. The van der Waals surface area contributed by atoms with Gasteiger partial charge in [-0.1, -0.05) is 11.8 Å². The van der Waals surface area contributed by atoms with Crippen molar-refractivity contribution in [3.8, 4) is 0 Å². The van der Waals surface area contributed by atoms with Crippen LogP contribution in [0.25, 0.3) is 0 Å². The van der Waals surface area contributed by atoms with Crippen molar-refractivity contribution in [3.63, 3.8) is 0 Å². The topological polar surface area (TPSA) is 76.3 Å². The van der Waals surface area contributed by atoms with Crippen molar-refractivity contribution in [2.75, 3.05) is 14.1 Å². The van der Waals surface area contributed by atoms with Crippen LogP contribution in [0.3, 0.4) is 0 Å². The van der Waals surface area contributed by atoms with Crippen LogP contribution in [-0.4, -0.2) is 69.1 Å². The number of thioether (sulfide) groups is 1. The van der Waals surface area contributed by atoms with E-state index in [0.29, 0.717) is 6.42 Å². The zero-order valence-corrected chi connectivity index (χ0v) is 11.1. The van der Waals surface area contributed by atoms with E-state index in [-0.39, 0.29) is 17.2 Å². The predicted octanol–water partition coefficient (Wildman–Crippen LogP) is -0.490. The maximum atomic E-state index is 10.1. The summed E-state index contributed by atoms with van der Waals surface area (Å²) in [6.45, 7) is 1.66. The maximum absolute atomic E-state index is 10.1. The lowest BCUT2D eigenvalue weighted by molar-refractivity contribution is -0.0835. The first-order valence-corrected chi connectivity index (χ1v) is 6.75. The van der Waals surface area contributed by atoms with Gasteiger partial charge in [0, 0.05) is 25.3 Å². The molecule has 98 valence electrons. The Morgan fingerprint density at radius 1 is 1.35 bits per heavy atom. The summed E-state index contributed by atoms with van der Waals surface area (Å²) in [6, 6.07) is -0.248. The lowest BCUT2D eigenvalue weighted by atomic mass is 9.78. The second-order valence-electron chi connectivity index (χ2n) is 5.07. The molecule has 1 saturated carbocycles. The average molecular weight is 260 g/mol. The Morgan fingerprint density at radius 2 is 2.00 bits per heavy atom. The minimum Gasteiger partial charge on any atom is -0.393 e. The highest BCUT2D eigenvalue weighted by Gasteiger charge is 2.48. The van der Waals surface area contributed by atoms with E-state index in [9.17, 15) is 15.3 Å². The van der Waals surface area contributed by atoms with Crippen LogP contribution in [-0.2, 0) is 0 Å². The number of aliphatic hydroxyl groups is 3. The van der Waals surface area contributed by atoms with Crippen LogP contribution in [0.1, 0.15) is 13.3 Å². The molecule has 0 saturated heterocycles. The molecule has 1 fully saturated rings. The fraction of sp³-hybridized carbons (Fsp3) is 0.909. The Balaban J connectivity index is 2.15. The Morgan fingerprint density at radius 3 is 2.53 bits per heavy atom. The molecule has 0 radical (unpaired) electrons. The van der Waals surface area contributed by atoms with Gasteiger partial charge in [-0.15, -0.1) is 0 Å². The summed E-state index contributed by atoms with van der Waals surface area (Å²) in [6.07, 6.45) is -1.68. The zero-order chi connectivity index (χ0) is 12.7. The monoisotopic (exact) mass is 260 g/mol. The number of aliphatic imine (C=N–C) groups is 1. The van der Waals surface area contributed by atoms with Crippen LogP contribution in [0.15, 0.2) is 4.99 Å². The fourth-order valence-corrected chi connectivity index (χ4v) is 3.84. The summed E-state index contributed by atoms with van der Waals surface area (Å²) in [7, 11) is 3.83. The highest BCUT2D eigenvalue weighted by Crippen LogP contribution is 2.41. The van der Waals surface area contributed by atoms with E-state index in [4.69, 9.17) is 0 Å². The van der Waals surface area contributed by atoms with Crippen molar-refractivity contribution in [2.24, 2.45) is 10.9 Å². The molecule has 1 aliphatic carbocycles. The van der Waals surface area contributed by atoms with Gasteiger partial charge in [-0.05, 0) is 13.3 Å². The highest BCUT2D eigenvalue weighted by molar-refractivity contribution is 8.14. The Kier molecular flexibility index (Phi) is 3.68. The van der Waals surface area contributed by atoms with Crippen molar-refractivity contribution < 1.29 is 15.3 Å². The molecule has 6 heteroatoms. The van der Waals surface area contributed by atoms with Crippen LogP contribution >= 0.6 is 11.8 Å². The summed E-state index contributed by atoms with van der Waals surface area (Å²) in [5, 5.41) is 30.7. The molecule has 0 aromatic rings. The second kappa shape index (κ2) is 4.76. The van der Waals surface area contributed by atoms with Crippen molar-refractivity contribution in [3.05, 3.63) is 0 Å². The third kappa shape index (κ3) is 2.31. The number of hydrogen-bond donors (Lipinski definition) is 3. The van der Waals surface area contributed by atoms with Gasteiger partial charge in [0.25, 0.3) is 0 Å². The van der Waals surface area contributed by atoms with Crippen molar-refractivity contribution in [2.45, 2.75) is 42.9 Å².